The number of nitrogens with zero attached hydrogens (tertiary/aromatic N) is 1. The van der Waals surface area contributed by atoms with Gasteiger partial charge in [0.15, 0.2) is 5.78 Å². The minimum Gasteiger partial charge on any atom is -0.297 e. The first-order valence-corrected chi connectivity index (χ1v) is 7.51. The highest BCUT2D eigenvalue weighted by molar-refractivity contribution is 6.31. The van der Waals surface area contributed by atoms with E-state index in [-0.39, 0.29) is 18.0 Å². The average Bonchev–Trinajstić information content (AvgIpc) is 2.42. The quantitative estimate of drug-likeness (QED) is 0.841. The van der Waals surface area contributed by atoms with Crippen molar-refractivity contribution in [1.82, 2.24) is 4.90 Å². The summed E-state index contributed by atoms with van der Waals surface area (Å²) in [6.45, 7) is 5.88. The molecular weight excluding hydrogens is 277 g/mol. The number of likely N-dealkylation sites (tertiary alicyclic amines) is 1. The third-order valence-corrected chi connectivity index (χ3v) is 4.55. The molecule has 1 aliphatic rings. The Morgan fingerprint density at radius 2 is 1.95 bits per heavy atom. The number of carbonyl (C=O) groups excluding carboxylic acids is 1. The summed E-state index contributed by atoms with van der Waals surface area (Å²) in [6, 6.07) is 4.21. The number of hydrogen-bond acceptors (Lipinski definition) is 2. The van der Waals surface area contributed by atoms with Gasteiger partial charge in [0.1, 0.15) is 5.82 Å². The summed E-state index contributed by atoms with van der Waals surface area (Å²) in [5, 5.41) is 0.327. The molecule has 0 spiro atoms. The molecule has 0 amide bonds. The van der Waals surface area contributed by atoms with Gasteiger partial charge in [-0.3, -0.25) is 9.69 Å². The van der Waals surface area contributed by atoms with Gasteiger partial charge in [0.2, 0.25) is 0 Å². The van der Waals surface area contributed by atoms with Gasteiger partial charge in [-0.2, -0.15) is 0 Å². The largest absolute Gasteiger partial charge is 0.297 e. The smallest absolute Gasteiger partial charge is 0.156 e. The molecule has 0 radical (unpaired) electrons. The second-order valence-corrected chi connectivity index (χ2v) is 6.35. The van der Waals surface area contributed by atoms with Crippen LogP contribution in [0.2, 0.25) is 5.02 Å². The molecule has 0 bridgehead atoms. The minimum absolute atomic E-state index is 0.132. The number of halogens is 2. The maximum Gasteiger partial charge on any atom is 0.156 e. The first-order valence-electron chi connectivity index (χ1n) is 7.13. The highest BCUT2D eigenvalue weighted by atomic mass is 35.5. The third-order valence-electron chi connectivity index (χ3n) is 4.20. The summed E-state index contributed by atoms with van der Waals surface area (Å²) in [6.07, 6.45) is 3.79. The summed E-state index contributed by atoms with van der Waals surface area (Å²) >= 11 is 6.00. The molecule has 1 heterocycles. The number of rotatable bonds is 4. The molecule has 1 aromatic rings. The number of Topliss-reactive ketones (excluding diaryl/α,β-unsaturated/α-hetero) is 1. The average molecular weight is 298 g/mol. The lowest BCUT2D eigenvalue weighted by Gasteiger charge is -2.39. The zero-order chi connectivity index (χ0) is 14.8. The molecule has 1 saturated heterocycles. The predicted octanol–water partition coefficient (Wildman–Crippen LogP) is 3.86. The molecule has 0 aromatic heterocycles. The SMILES string of the molecule is CC(C)(C(=O)Cc1ccc(F)cc1Cl)N1CCCCC1. The van der Waals surface area contributed by atoms with Crippen LogP contribution in [0.15, 0.2) is 18.2 Å². The number of hydrogen-bond donors (Lipinski definition) is 0. The Hall–Kier alpha value is -0.930. The molecule has 2 rings (SSSR count). The van der Waals surface area contributed by atoms with Crippen molar-refractivity contribution in [3.63, 3.8) is 0 Å². The number of piperidine rings is 1. The maximum atomic E-state index is 13.0. The van der Waals surface area contributed by atoms with Crippen molar-refractivity contribution in [2.75, 3.05) is 13.1 Å². The molecule has 110 valence electrons. The van der Waals surface area contributed by atoms with Gasteiger partial charge >= 0.3 is 0 Å². The fourth-order valence-corrected chi connectivity index (χ4v) is 2.92. The van der Waals surface area contributed by atoms with Crippen LogP contribution in [0.25, 0.3) is 0 Å². The predicted molar refractivity (Wildman–Crippen MR) is 79.6 cm³/mol. The summed E-state index contributed by atoms with van der Waals surface area (Å²) in [5.74, 6) is -0.241. The molecule has 0 N–H and O–H groups in total. The Bertz CT molecular complexity index is 495. The molecule has 0 atom stereocenters. The van der Waals surface area contributed by atoms with Crippen molar-refractivity contribution in [1.29, 1.82) is 0 Å². The van der Waals surface area contributed by atoms with Crippen molar-refractivity contribution in [3.8, 4) is 0 Å². The van der Waals surface area contributed by atoms with E-state index in [9.17, 15) is 9.18 Å². The van der Waals surface area contributed by atoms with Gasteiger partial charge in [0, 0.05) is 11.4 Å². The minimum atomic E-state index is -0.488. The van der Waals surface area contributed by atoms with Crippen LogP contribution in [-0.2, 0) is 11.2 Å². The molecule has 1 fully saturated rings. The summed E-state index contributed by atoms with van der Waals surface area (Å²) < 4.78 is 13.0. The van der Waals surface area contributed by atoms with E-state index in [0.29, 0.717) is 10.6 Å². The maximum absolute atomic E-state index is 13.0. The molecule has 0 saturated carbocycles. The van der Waals surface area contributed by atoms with Crippen LogP contribution in [0.3, 0.4) is 0 Å². The highest BCUT2D eigenvalue weighted by Gasteiger charge is 2.34. The molecular formula is C16H21ClFNO. The van der Waals surface area contributed by atoms with Crippen LogP contribution in [0.5, 0.6) is 0 Å². The Morgan fingerprint density at radius 1 is 1.30 bits per heavy atom. The van der Waals surface area contributed by atoms with E-state index in [1.54, 1.807) is 6.07 Å². The zero-order valence-electron chi connectivity index (χ0n) is 12.1. The van der Waals surface area contributed by atoms with Crippen LogP contribution in [0.1, 0.15) is 38.7 Å². The van der Waals surface area contributed by atoms with Crippen LogP contribution in [0, 0.1) is 5.82 Å². The van der Waals surface area contributed by atoms with E-state index in [0.717, 1.165) is 25.9 Å². The van der Waals surface area contributed by atoms with Gasteiger partial charge < -0.3 is 0 Å². The standard InChI is InChI=1S/C16H21ClFNO/c1-16(2,19-8-4-3-5-9-19)15(20)10-12-6-7-13(18)11-14(12)17/h6-7,11H,3-5,8-10H2,1-2H3. The summed E-state index contributed by atoms with van der Waals surface area (Å²) in [5.41, 5.74) is 0.209. The van der Waals surface area contributed by atoms with Gasteiger partial charge in [-0.1, -0.05) is 24.1 Å². The van der Waals surface area contributed by atoms with Crippen molar-refractivity contribution < 1.29 is 9.18 Å². The highest BCUT2D eigenvalue weighted by Crippen LogP contribution is 2.25. The molecule has 1 aliphatic heterocycles. The van der Waals surface area contributed by atoms with E-state index in [1.807, 2.05) is 13.8 Å². The molecule has 2 nitrogen and oxygen atoms in total. The van der Waals surface area contributed by atoms with Crippen molar-refractivity contribution in [2.45, 2.75) is 45.1 Å². The first kappa shape index (κ1) is 15.5. The summed E-state index contributed by atoms with van der Waals surface area (Å²) in [4.78, 5) is 14.8. The Morgan fingerprint density at radius 3 is 2.55 bits per heavy atom. The molecule has 1 aromatic carbocycles. The Labute approximate surface area is 124 Å². The molecule has 4 heteroatoms. The van der Waals surface area contributed by atoms with Gasteiger partial charge in [0.25, 0.3) is 0 Å². The molecule has 20 heavy (non-hydrogen) atoms. The lowest BCUT2D eigenvalue weighted by Crippen LogP contribution is -2.52. The third kappa shape index (κ3) is 3.39. The second kappa shape index (κ2) is 6.23. The lowest BCUT2D eigenvalue weighted by atomic mass is 9.90. The van der Waals surface area contributed by atoms with Gasteiger partial charge in [0.05, 0.1) is 5.54 Å². The lowest BCUT2D eigenvalue weighted by molar-refractivity contribution is -0.129. The van der Waals surface area contributed by atoms with Crippen LogP contribution < -0.4 is 0 Å². The first-order chi connectivity index (χ1) is 9.41. The van der Waals surface area contributed by atoms with E-state index >= 15 is 0 Å². The van der Waals surface area contributed by atoms with Gasteiger partial charge in [-0.25, -0.2) is 4.39 Å². The Balaban J connectivity index is 2.09. The van der Waals surface area contributed by atoms with Gasteiger partial charge in [-0.15, -0.1) is 0 Å². The van der Waals surface area contributed by atoms with E-state index < -0.39 is 5.54 Å². The van der Waals surface area contributed by atoms with Crippen molar-refractivity contribution in [2.24, 2.45) is 0 Å². The fourth-order valence-electron chi connectivity index (χ4n) is 2.68. The molecule has 0 aliphatic carbocycles. The normalized spacial score (nSPS) is 17.2. The monoisotopic (exact) mass is 297 g/mol. The van der Waals surface area contributed by atoms with Crippen molar-refractivity contribution in [3.05, 3.63) is 34.6 Å². The molecule has 0 unspecified atom stereocenters. The van der Waals surface area contributed by atoms with Crippen LogP contribution >= 0.6 is 11.6 Å². The Kier molecular flexibility index (Phi) is 4.82. The van der Waals surface area contributed by atoms with Gasteiger partial charge in [-0.05, 0) is 57.5 Å². The second-order valence-electron chi connectivity index (χ2n) is 5.94. The van der Waals surface area contributed by atoms with E-state index in [2.05, 4.69) is 4.90 Å². The zero-order valence-corrected chi connectivity index (χ0v) is 12.8. The van der Waals surface area contributed by atoms with E-state index in [1.165, 1.54) is 18.6 Å². The fraction of sp³-hybridized carbons (Fsp3) is 0.562. The number of benzene rings is 1. The van der Waals surface area contributed by atoms with Crippen molar-refractivity contribution >= 4 is 17.4 Å². The van der Waals surface area contributed by atoms with E-state index in [4.69, 9.17) is 11.6 Å². The number of ketones is 1. The van der Waals surface area contributed by atoms with Crippen LogP contribution in [0.4, 0.5) is 4.39 Å². The summed E-state index contributed by atoms with van der Waals surface area (Å²) in [7, 11) is 0. The number of carbonyl (C=O) groups is 1. The van der Waals surface area contributed by atoms with Crippen LogP contribution in [-0.4, -0.2) is 29.3 Å². The topological polar surface area (TPSA) is 20.3 Å².